The largest absolute Gasteiger partial charge is 0.466 e. The van der Waals surface area contributed by atoms with E-state index in [4.69, 9.17) is 9.57 Å². The number of guanidine groups is 1. The van der Waals surface area contributed by atoms with Gasteiger partial charge in [-0.3, -0.25) is 9.63 Å². The van der Waals surface area contributed by atoms with Crippen molar-refractivity contribution < 1.29 is 14.4 Å². The zero-order valence-corrected chi connectivity index (χ0v) is 14.7. The number of ether oxygens (including phenoxy) is 1. The first-order valence-electron chi connectivity index (χ1n) is 7.34. The van der Waals surface area contributed by atoms with Crippen molar-refractivity contribution in [1.29, 1.82) is 0 Å². The van der Waals surface area contributed by atoms with E-state index >= 15 is 0 Å². The molecule has 0 unspecified atom stereocenters. The topological polar surface area (TPSA) is 63.2 Å². The van der Waals surface area contributed by atoms with Gasteiger partial charge in [0, 0.05) is 16.5 Å². The van der Waals surface area contributed by atoms with Gasteiger partial charge in [-0.05, 0) is 48.1 Å². The molecular formula is C15H20IN3O3. The summed E-state index contributed by atoms with van der Waals surface area (Å²) < 4.78 is 5.97. The van der Waals surface area contributed by atoms with Crippen LogP contribution in [0.1, 0.15) is 19.8 Å². The molecule has 1 fully saturated rings. The van der Waals surface area contributed by atoms with E-state index < -0.39 is 0 Å². The van der Waals surface area contributed by atoms with E-state index in [9.17, 15) is 4.79 Å². The van der Waals surface area contributed by atoms with Crippen molar-refractivity contribution in [1.82, 2.24) is 10.4 Å². The summed E-state index contributed by atoms with van der Waals surface area (Å²) in [6, 6.07) is 7.92. The zero-order chi connectivity index (χ0) is 15.8. The van der Waals surface area contributed by atoms with Crippen LogP contribution in [0.25, 0.3) is 0 Å². The summed E-state index contributed by atoms with van der Waals surface area (Å²) in [5.74, 6) is 0.527. The maximum atomic E-state index is 11.3. The predicted molar refractivity (Wildman–Crippen MR) is 92.8 cm³/mol. The lowest BCUT2D eigenvalue weighted by Gasteiger charge is -2.17. The van der Waals surface area contributed by atoms with Gasteiger partial charge in [0.2, 0.25) is 5.96 Å². The number of hydroxylamine groups is 2. The molecule has 0 bridgehead atoms. The third kappa shape index (κ3) is 5.13. The van der Waals surface area contributed by atoms with E-state index in [1.807, 2.05) is 24.3 Å². The minimum atomic E-state index is -0.182. The van der Waals surface area contributed by atoms with Crippen LogP contribution in [0.3, 0.4) is 0 Å². The SMILES string of the molecule is CCOC(=O)CCCON1CCN/C1=N\c1ccccc1I. The number of para-hydroxylation sites is 1. The van der Waals surface area contributed by atoms with Gasteiger partial charge in [0.05, 0.1) is 25.4 Å². The number of carbonyl (C=O) groups excluding carboxylic acids is 1. The zero-order valence-electron chi connectivity index (χ0n) is 12.5. The van der Waals surface area contributed by atoms with Gasteiger partial charge < -0.3 is 10.1 Å². The first kappa shape index (κ1) is 17.0. The Hall–Kier alpha value is -1.35. The molecule has 0 aromatic heterocycles. The number of hydrogen-bond acceptors (Lipinski definition) is 4. The third-order valence-electron chi connectivity index (χ3n) is 2.99. The highest BCUT2D eigenvalue weighted by atomic mass is 127. The molecule has 1 aliphatic rings. The molecule has 1 aromatic rings. The number of esters is 1. The van der Waals surface area contributed by atoms with Gasteiger partial charge in [0.15, 0.2) is 0 Å². The van der Waals surface area contributed by atoms with E-state index in [2.05, 4.69) is 32.9 Å². The van der Waals surface area contributed by atoms with E-state index in [-0.39, 0.29) is 5.97 Å². The van der Waals surface area contributed by atoms with E-state index in [0.29, 0.717) is 32.0 Å². The van der Waals surface area contributed by atoms with Gasteiger partial charge in [-0.2, -0.15) is 0 Å². The molecule has 120 valence electrons. The van der Waals surface area contributed by atoms with Crippen molar-refractivity contribution in [3.63, 3.8) is 0 Å². The number of rotatable bonds is 7. The standard InChI is InChI=1S/C15H20IN3O3/c1-2-21-14(20)8-5-11-22-19-10-9-17-15(19)18-13-7-4-3-6-12(13)16/h3-4,6-7H,2,5,8-11H2,1H3,(H,17,18). The van der Waals surface area contributed by atoms with Gasteiger partial charge in [0.25, 0.3) is 0 Å². The van der Waals surface area contributed by atoms with Crippen LogP contribution in [-0.2, 0) is 14.4 Å². The van der Waals surface area contributed by atoms with Gasteiger partial charge >= 0.3 is 5.97 Å². The highest BCUT2D eigenvalue weighted by molar-refractivity contribution is 14.1. The van der Waals surface area contributed by atoms with Crippen LogP contribution in [0.15, 0.2) is 29.3 Å². The summed E-state index contributed by atoms with van der Waals surface area (Å²) in [6.45, 7) is 4.22. The van der Waals surface area contributed by atoms with Crippen LogP contribution in [0.5, 0.6) is 0 Å². The summed E-state index contributed by atoms with van der Waals surface area (Å²) in [5.41, 5.74) is 0.910. The molecule has 1 aliphatic heterocycles. The van der Waals surface area contributed by atoms with Gasteiger partial charge in [-0.25, -0.2) is 10.1 Å². The van der Waals surface area contributed by atoms with Crippen LogP contribution in [-0.4, -0.2) is 43.3 Å². The lowest BCUT2D eigenvalue weighted by atomic mass is 10.3. The molecule has 22 heavy (non-hydrogen) atoms. The molecule has 1 saturated heterocycles. The van der Waals surface area contributed by atoms with Crippen LogP contribution >= 0.6 is 22.6 Å². The molecule has 0 saturated carbocycles. The summed E-state index contributed by atoms with van der Waals surface area (Å²) in [5, 5.41) is 4.95. The van der Waals surface area contributed by atoms with Crippen molar-refractivity contribution in [2.24, 2.45) is 4.99 Å². The summed E-state index contributed by atoms with van der Waals surface area (Å²) in [4.78, 5) is 21.5. The Morgan fingerprint density at radius 1 is 1.45 bits per heavy atom. The summed E-state index contributed by atoms with van der Waals surface area (Å²) in [6.07, 6.45) is 1.00. The molecule has 0 spiro atoms. The normalized spacial score (nSPS) is 15.9. The Labute approximate surface area is 144 Å². The maximum Gasteiger partial charge on any atom is 0.305 e. The van der Waals surface area contributed by atoms with E-state index in [1.54, 1.807) is 12.0 Å². The van der Waals surface area contributed by atoms with Gasteiger partial charge in [0.1, 0.15) is 0 Å². The van der Waals surface area contributed by atoms with Crippen molar-refractivity contribution in [3.05, 3.63) is 27.8 Å². The predicted octanol–water partition coefficient (Wildman–Crippen LogP) is 2.46. The highest BCUT2D eigenvalue weighted by Gasteiger charge is 2.19. The first-order chi connectivity index (χ1) is 10.7. The number of halogens is 1. The Morgan fingerprint density at radius 2 is 2.27 bits per heavy atom. The number of aliphatic imine (C=N–C) groups is 1. The fraction of sp³-hybridized carbons (Fsp3) is 0.467. The third-order valence-corrected chi connectivity index (χ3v) is 3.90. The Morgan fingerprint density at radius 3 is 3.05 bits per heavy atom. The van der Waals surface area contributed by atoms with E-state index in [0.717, 1.165) is 22.3 Å². The van der Waals surface area contributed by atoms with E-state index in [1.165, 1.54) is 0 Å². The second-order valence-electron chi connectivity index (χ2n) is 4.66. The average molecular weight is 417 g/mol. The van der Waals surface area contributed by atoms with Crippen molar-refractivity contribution >= 4 is 40.2 Å². The fourth-order valence-corrected chi connectivity index (χ4v) is 2.47. The molecule has 1 N–H and O–H groups in total. The second-order valence-corrected chi connectivity index (χ2v) is 5.82. The lowest BCUT2D eigenvalue weighted by Crippen LogP contribution is -2.30. The van der Waals surface area contributed by atoms with Crippen molar-refractivity contribution in [2.45, 2.75) is 19.8 Å². The molecule has 1 heterocycles. The van der Waals surface area contributed by atoms with Crippen LogP contribution in [0, 0.1) is 3.57 Å². The van der Waals surface area contributed by atoms with Crippen LogP contribution < -0.4 is 5.32 Å². The lowest BCUT2D eigenvalue weighted by molar-refractivity contribution is -0.144. The fourth-order valence-electron chi connectivity index (χ4n) is 1.97. The highest BCUT2D eigenvalue weighted by Crippen LogP contribution is 2.21. The molecule has 0 radical (unpaired) electrons. The average Bonchev–Trinajstić information content (AvgIpc) is 2.94. The minimum absolute atomic E-state index is 0.182. The molecule has 6 nitrogen and oxygen atoms in total. The molecule has 7 heteroatoms. The van der Waals surface area contributed by atoms with Gasteiger partial charge in [-0.1, -0.05) is 12.1 Å². The Bertz CT molecular complexity index is 537. The number of benzene rings is 1. The number of nitrogens with one attached hydrogen (secondary N) is 1. The Kier molecular flexibility index (Phi) is 6.91. The quantitative estimate of drug-likeness (QED) is 0.420. The first-order valence-corrected chi connectivity index (χ1v) is 8.41. The molecule has 0 aliphatic carbocycles. The van der Waals surface area contributed by atoms with Gasteiger partial charge in [-0.15, -0.1) is 0 Å². The van der Waals surface area contributed by atoms with Crippen molar-refractivity contribution in [2.75, 3.05) is 26.3 Å². The summed E-state index contributed by atoms with van der Waals surface area (Å²) in [7, 11) is 0. The molecule has 1 aromatic carbocycles. The minimum Gasteiger partial charge on any atom is -0.466 e. The number of nitrogens with zero attached hydrogens (tertiary/aromatic N) is 2. The number of hydrogen-bond donors (Lipinski definition) is 1. The smallest absolute Gasteiger partial charge is 0.305 e. The van der Waals surface area contributed by atoms with Crippen molar-refractivity contribution in [3.8, 4) is 0 Å². The molecule has 2 rings (SSSR count). The number of carbonyl (C=O) groups is 1. The Balaban J connectivity index is 1.83. The molecule has 0 atom stereocenters. The summed E-state index contributed by atoms with van der Waals surface area (Å²) >= 11 is 2.26. The molecular weight excluding hydrogens is 397 g/mol. The second kappa shape index (κ2) is 8.94. The van der Waals surface area contributed by atoms with Crippen LogP contribution in [0.4, 0.5) is 5.69 Å². The molecule has 0 amide bonds. The van der Waals surface area contributed by atoms with Crippen LogP contribution in [0.2, 0.25) is 0 Å². The maximum absolute atomic E-state index is 11.3. The monoisotopic (exact) mass is 417 g/mol.